The highest BCUT2D eigenvalue weighted by Gasteiger charge is 2.35. The van der Waals surface area contributed by atoms with E-state index in [1.807, 2.05) is 6.07 Å². The summed E-state index contributed by atoms with van der Waals surface area (Å²) in [6.07, 6.45) is -0.757. The van der Waals surface area contributed by atoms with Gasteiger partial charge in [0.25, 0.3) is 10.1 Å². The van der Waals surface area contributed by atoms with Crippen LogP contribution in [0.5, 0.6) is 0 Å². The minimum atomic E-state index is -4.35. The topological polar surface area (TPSA) is 104 Å². The fourth-order valence-electron chi connectivity index (χ4n) is 3.21. The number of aliphatic hydroxyl groups excluding tert-OH is 1. The van der Waals surface area contributed by atoms with Gasteiger partial charge in [0.15, 0.2) is 0 Å². The molecule has 0 spiro atoms. The van der Waals surface area contributed by atoms with Gasteiger partial charge in [-0.2, -0.15) is 8.42 Å². The zero-order valence-corrected chi connectivity index (χ0v) is 13.2. The first-order valence-corrected chi connectivity index (χ1v) is 8.72. The molecule has 7 heteroatoms. The van der Waals surface area contributed by atoms with Crippen molar-refractivity contribution in [1.29, 1.82) is 0 Å². The number of allylic oxidation sites excluding steroid dienone is 1. The molecule has 1 aliphatic heterocycles. The molecule has 0 fully saturated rings. The molecule has 0 bridgehead atoms. The van der Waals surface area contributed by atoms with Gasteiger partial charge in [-0.05, 0) is 47.4 Å². The van der Waals surface area contributed by atoms with E-state index < -0.39 is 16.2 Å². The molecule has 0 radical (unpaired) electrons. The van der Waals surface area contributed by atoms with Crippen LogP contribution >= 0.6 is 0 Å². The molecule has 0 saturated heterocycles. The van der Waals surface area contributed by atoms with E-state index >= 15 is 0 Å². The highest BCUT2D eigenvalue weighted by Crippen LogP contribution is 2.41. The molecule has 0 saturated carbocycles. The smallest absolute Gasteiger partial charge is 0.294 e. The highest BCUT2D eigenvalue weighted by atomic mass is 32.2. The number of hydrogen-bond acceptors (Lipinski definition) is 5. The van der Waals surface area contributed by atoms with Gasteiger partial charge < -0.3 is 10.4 Å². The summed E-state index contributed by atoms with van der Waals surface area (Å²) in [4.78, 5) is 12.3. The number of nitrogens with one attached hydrogen (secondary N) is 1. The Kier molecular flexibility index (Phi) is 3.14. The third kappa shape index (κ3) is 2.17. The number of hydrogen-bond donors (Lipinski definition) is 3. The summed E-state index contributed by atoms with van der Waals surface area (Å²) < 4.78 is 31.7. The predicted molar refractivity (Wildman–Crippen MR) is 86.3 cm³/mol. The van der Waals surface area contributed by atoms with Crippen molar-refractivity contribution < 1.29 is 22.9 Å². The number of para-hydroxylation sites is 1. The van der Waals surface area contributed by atoms with Crippen LogP contribution in [0.25, 0.3) is 0 Å². The maximum Gasteiger partial charge on any atom is 0.294 e. The fraction of sp³-hybridized carbons (Fsp3) is 0.118. The molecular weight excluding hydrogens is 330 g/mol. The first-order valence-electron chi connectivity index (χ1n) is 7.28. The van der Waals surface area contributed by atoms with Gasteiger partial charge in [0.2, 0.25) is 5.78 Å². The molecule has 2 aliphatic rings. The van der Waals surface area contributed by atoms with Crippen LogP contribution < -0.4 is 5.32 Å². The number of ketones is 1. The number of Topliss-reactive ketones (excluding diaryl/α,β-unsaturated/α-hetero) is 1. The third-order valence-electron chi connectivity index (χ3n) is 4.40. The molecule has 24 heavy (non-hydrogen) atoms. The molecule has 1 aliphatic carbocycles. The molecular formula is C17H13NO5S. The minimum Gasteiger partial charge on any atom is -0.384 e. The van der Waals surface area contributed by atoms with Gasteiger partial charge in [-0.15, -0.1) is 0 Å². The van der Waals surface area contributed by atoms with E-state index in [0.717, 1.165) is 5.56 Å². The Morgan fingerprint density at radius 1 is 1.12 bits per heavy atom. The average Bonchev–Trinajstić information content (AvgIpc) is 3.05. The van der Waals surface area contributed by atoms with Crippen molar-refractivity contribution in [3.63, 3.8) is 0 Å². The lowest BCUT2D eigenvalue weighted by molar-refractivity contribution is 0.103. The van der Waals surface area contributed by atoms with Crippen molar-refractivity contribution in [1.82, 2.24) is 0 Å². The number of benzene rings is 2. The third-order valence-corrected chi connectivity index (χ3v) is 5.25. The van der Waals surface area contributed by atoms with E-state index in [9.17, 15) is 18.3 Å². The fourth-order valence-corrected chi connectivity index (χ4v) is 3.72. The first kappa shape index (κ1) is 15.1. The molecule has 122 valence electrons. The van der Waals surface area contributed by atoms with Crippen molar-refractivity contribution in [3.8, 4) is 0 Å². The molecule has 1 atom stereocenters. The normalized spacial score (nSPS) is 22.2. The largest absolute Gasteiger partial charge is 0.384 e. The zero-order valence-electron chi connectivity index (χ0n) is 12.4. The van der Waals surface area contributed by atoms with Crippen molar-refractivity contribution in [2.75, 3.05) is 5.32 Å². The van der Waals surface area contributed by atoms with Crippen LogP contribution in [0.2, 0.25) is 0 Å². The van der Waals surface area contributed by atoms with Crippen molar-refractivity contribution in [2.45, 2.75) is 17.4 Å². The van der Waals surface area contributed by atoms with E-state index in [1.165, 1.54) is 12.1 Å². The first-order chi connectivity index (χ1) is 11.4. The van der Waals surface area contributed by atoms with E-state index in [2.05, 4.69) is 5.32 Å². The Hall–Kier alpha value is -2.48. The van der Waals surface area contributed by atoms with E-state index in [0.29, 0.717) is 34.5 Å². The number of carbonyl (C=O) groups is 1. The number of carbonyl (C=O) groups excluding carboxylic acids is 1. The number of aliphatic hydroxyl groups is 1. The van der Waals surface area contributed by atoms with E-state index in [1.54, 1.807) is 24.3 Å². The van der Waals surface area contributed by atoms with Gasteiger partial charge >= 0.3 is 0 Å². The summed E-state index contributed by atoms with van der Waals surface area (Å²) in [6.45, 7) is 0. The quantitative estimate of drug-likeness (QED) is 0.541. The molecule has 0 amide bonds. The molecule has 6 nitrogen and oxygen atoms in total. The molecule has 4 rings (SSSR count). The maximum absolute atomic E-state index is 12.5. The summed E-state index contributed by atoms with van der Waals surface area (Å²) in [5, 5.41) is 13.6. The molecule has 1 unspecified atom stereocenters. The summed E-state index contributed by atoms with van der Waals surface area (Å²) >= 11 is 0. The van der Waals surface area contributed by atoms with Gasteiger partial charge in [0.1, 0.15) is 6.10 Å². The van der Waals surface area contributed by atoms with Crippen LogP contribution in [0.3, 0.4) is 0 Å². The second-order valence-electron chi connectivity index (χ2n) is 5.81. The Bertz CT molecular complexity index is 1020. The number of rotatable bonds is 1. The second kappa shape index (κ2) is 5.01. The Morgan fingerprint density at radius 3 is 2.58 bits per heavy atom. The summed E-state index contributed by atoms with van der Waals surface area (Å²) in [5.74, 6) is -0.192. The standard InChI is InChI=1S/C17H13NO5S/c19-16-12-8-10(24(21,22)23)6-5-9(12)7-13(16)15-17(20)11-3-1-2-4-14(11)18-15/h1-6,8,16,18-19H,7H2,(H,21,22,23)/b15-13-. The average molecular weight is 343 g/mol. The van der Waals surface area contributed by atoms with E-state index in [4.69, 9.17) is 4.55 Å². The number of anilines is 1. The molecule has 2 aromatic carbocycles. The van der Waals surface area contributed by atoms with Crippen LogP contribution in [0.1, 0.15) is 27.6 Å². The lowest BCUT2D eigenvalue weighted by atomic mass is 10.0. The van der Waals surface area contributed by atoms with Crippen LogP contribution in [0, 0.1) is 0 Å². The van der Waals surface area contributed by atoms with Crippen LogP contribution in [0.15, 0.2) is 58.6 Å². The van der Waals surface area contributed by atoms with Crippen LogP contribution in [0.4, 0.5) is 5.69 Å². The lowest BCUT2D eigenvalue weighted by Gasteiger charge is -2.10. The Balaban J connectivity index is 1.79. The number of fused-ring (bicyclic) bond motifs is 2. The van der Waals surface area contributed by atoms with Gasteiger partial charge in [-0.3, -0.25) is 9.35 Å². The molecule has 1 heterocycles. The lowest BCUT2D eigenvalue weighted by Crippen LogP contribution is -2.09. The summed E-state index contributed by atoms with van der Waals surface area (Å²) in [7, 11) is -4.35. The van der Waals surface area contributed by atoms with Crippen molar-refractivity contribution in [3.05, 3.63) is 70.4 Å². The molecule has 3 N–H and O–H groups in total. The van der Waals surface area contributed by atoms with Gasteiger partial charge in [-0.25, -0.2) is 0 Å². The predicted octanol–water partition coefficient (Wildman–Crippen LogP) is 2.09. The van der Waals surface area contributed by atoms with E-state index in [-0.39, 0.29) is 10.7 Å². The van der Waals surface area contributed by atoms with Gasteiger partial charge in [-0.1, -0.05) is 18.2 Å². The van der Waals surface area contributed by atoms with Crippen LogP contribution in [-0.4, -0.2) is 23.9 Å². The van der Waals surface area contributed by atoms with Crippen molar-refractivity contribution >= 4 is 21.6 Å². The van der Waals surface area contributed by atoms with Crippen LogP contribution in [-0.2, 0) is 16.5 Å². The zero-order chi connectivity index (χ0) is 17.1. The SMILES string of the molecule is O=C1/C(=C2\Cc3ccc(S(=O)(=O)O)cc3C2O)Nc2ccccc21. The second-order valence-corrected chi connectivity index (χ2v) is 7.24. The summed E-state index contributed by atoms with van der Waals surface area (Å²) in [5.41, 5.74) is 3.17. The Morgan fingerprint density at radius 2 is 1.88 bits per heavy atom. The van der Waals surface area contributed by atoms with Gasteiger partial charge in [0.05, 0.1) is 10.6 Å². The maximum atomic E-state index is 12.5. The van der Waals surface area contributed by atoms with Crippen molar-refractivity contribution in [2.24, 2.45) is 0 Å². The minimum absolute atomic E-state index is 0.192. The van der Waals surface area contributed by atoms with Gasteiger partial charge in [0, 0.05) is 11.3 Å². The molecule has 2 aromatic rings. The monoisotopic (exact) mass is 343 g/mol. The summed E-state index contributed by atoms with van der Waals surface area (Å²) in [6, 6.07) is 11.1. The highest BCUT2D eigenvalue weighted by molar-refractivity contribution is 7.85. The molecule has 0 aromatic heterocycles. The Labute approximate surface area is 138 Å².